The highest BCUT2D eigenvalue weighted by molar-refractivity contribution is 7.88. The van der Waals surface area contributed by atoms with Crippen LogP contribution in [0.1, 0.15) is 43.2 Å². The van der Waals surface area contributed by atoms with Gasteiger partial charge < -0.3 is 5.32 Å². The fourth-order valence-electron chi connectivity index (χ4n) is 3.67. The van der Waals surface area contributed by atoms with Crippen molar-refractivity contribution in [2.45, 2.75) is 51.0 Å². The van der Waals surface area contributed by atoms with Crippen LogP contribution in [0.2, 0.25) is 0 Å². The first-order chi connectivity index (χ1) is 10.9. The Kier molecular flexibility index (Phi) is 4.73. The summed E-state index contributed by atoms with van der Waals surface area (Å²) in [6.07, 6.45) is 7.50. The number of anilines is 1. The van der Waals surface area contributed by atoms with Crippen LogP contribution in [0.5, 0.6) is 0 Å². The molecule has 2 N–H and O–H groups in total. The predicted molar refractivity (Wildman–Crippen MR) is 90.8 cm³/mol. The van der Waals surface area contributed by atoms with Crippen molar-refractivity contribution in [2.75, 3.05) is 11.6 Å². The summed E-state index contributed by atoms with van der Waals surface area (Å²) in [4.78, 5) is 12.4. The minimum Gasteiger partial charge on any atom is -0.326 e. The summed E-state index contributed by atoms with van der Waals surface area (Å²) in [7, 11) is -3.17. The molecule has 23 heavy (non-hydrogen) atoms. The fourth-order valence-corrected chi connectivity index (χ4v) is 4.51. The molecule has 3 rings (SSSR count). The highest BCUT2D eigenvalue weighted by atomic mass is 32.2. The third-order valence-electron chi connectivity index (χ3n) is 4.84. The van der Waals surface area contributed by atoms with E-state index < -0.39 is 10.0 Å². The molecule has 2 aliphatic carbocycles. The van der Waals surface area contributed by atoms with Crippen molar-refractivity contribution in [1.82, 2.24) is 4.72 Å². The molecule has 0 aliphatic heterocycles. The van der Waals surface area contributed by atoms with E-state index in [1.165, 1.54) is 23.8 Å². The number of rotatable bonds is 4. The Hall–Kier alpha value is -1.40. The predicted octanol–water partition coefficient (Wildman–Crippen LogP) is 2.22. The average Bonchev–Trinajstić information content (AvgIpc) is 2.94. The van der Waals surface area contributed by atoms with E-state index in [0.717, 1.165) is 44.2 Å². The number of nitrogens with one attached hydrogen (secondary N) is 2. The second-order valence-corrected chi connectivity index (χ2v) is 8.54. The number of carbonyl (C=O) groups is 1. The average molecular weight is 336 g/mol. The van der Waals surface area contributed by atoms with Crippen LogP contribution < -0.4 is 10.0 Å². The molecule has 0 spiro atoms. The molecule has 1 aromatic rings. The van der Waals surface area contributed by atoms with E-state index in [4.69, 9.17) is 0 Å². The second kappa shape index (κ2) is 6.61. The van der Waals surface area contributed by atoms with Gasteiger partial charge in [0.05, 0.1) is 6.26 Å². The minimum absolute atomic E-state index is 0.0270. The van der Waals surface area contributed by atoms with Gasteiger partial charge >= 0.3 is 0 Å². The Morgan fingerprint density at radius 2 is 1.78 bits per heavy atom. The summed E-state index contributed by atoms with van der Waals surface area (Å²) < 4.78 is 25.2. The molecule has 6 heteroatoms. The minimum atomic E-state index is -3.17. The van der Waals surface area contributed by atoms with E-state index in [1.54, 1.807) is 0 Å². The lowest BCUT2D eigenvalue weighted by Crippen LogP contribution is -2.39. The van der Waals surface area contributed by atoms with Crippen LogP contribution in [0.4, 0.5) is 5.69 Å². The maximum absolute atomic E-state index is 12.4. The molecule has 0 bridgehead atoms. The van der Waals surface area contributed by atoms with Gasteiger partial charge in [-0.15, -0.1) is 0 Å². The first-order valence-corrected chi connectivity index (χ1v) is 10.2. The quantitative estimate of drug-likeness (QED) is 0.885. The van der Waals surface area contributed by atoms with E-state index in [1.807, 2.05) is 6.07 Å². The third kappa shape index (κ3) is 4.32. The van der Waals surface area contributed by atoms with Gasteiger partial charge in [-0.25, -0.2) is 13.1 Å². The SMILES string of the molecule is CS(=O)(=O)NC1CCC(C(=O)Nc2ccc3c(c2)CCC3)CC1. The fraction of sp³-hybridized carbons (Fsp3) is 0.588. The Balaban J connectivity index is 1.54. The van der Waals surface area contributed by atoms with Crippen LogP contribution in [0.15, 0.2) is 18.2 Å². The van der Waals surface area contributed by atoms with Crippen LogP contribution in [0.3, 0.4) is 0 Å². The van der Waals surface area contributed by atoms with Gasteiger partial charge in [0.25, 0.3) is 0 Å². The van der Waals surface area contributed by atoms with E-state index in [0.29, 0.717) is 0 Å². The number of aryl methyl sites for hydroxylation is 2. The van der Waals surface area contributed by atoms with Crippen LogP contribution in [0, 0.1) is 5.92 Å². The normalized spacial score (nSPS) is 24.2. The van der Waals surface area contributed by atoms with E-state index in [9.17, 15) is 13.2 Å². The summed E-state index contributed by atoms with van der Waals surface area (Å²) in [6, 6.07) is 6.16. The van der Waals surface area contributed by atoms with E-state index >= 15 is 0 Å². The molecule has 0 aromatic heterocycles. The summed E-state index contributed by atoms with van der Waals surface area (Å²) in [5, 5.41) is 3.03. The maximum atomic E-state index is 12.4. The van der Waals surface area contributed by atoms with Crippen LogP contribution in [0.25, 0.3) is 0 Å². The summed E-state index contributed by atoms with van der Waals surface area (Å²) in [5.41, 5.74) is 3.63. The molecule has 1 amide bonds. The summed E-state index contributed by atoms with van der Waals surface area (Å²) >= 11 is 0. The molecule has 1 fully saturated rings. The number of hydrogen-bond acceptors (Lipinski definition) is 3. The van der Waals surface area contributed by atoms with Gasteiger partial charge in [-0.3, -0.25) is 4.79 Å². The Morgan fingerprint density at radius 3 is 2.48 bits per heavy atom. The number of sulfonamides is 1. The first kappa shape index (κ1) is 16.5. The molecule has 0 radical (unpaired) electrons. The van der Waals surface area contributed by atoms with Crippen molar-refractivity contribution in [3.05, 3.63) is 29.3 Å². The molecule has 1 aromatic carbocycles. The zero-order chi connectivity index (χ0) is 16.4. The zero-order valence-electron chi connectivity index (χ0n) is 13.5. The molecule has 0 unspecified atom stereocenters. The van der Waals surface area contributed by atoms with Crippen molar-refractivity contribution in [1.29, 1.82) is 0 Å². The molecule has 126 valence electrons. The van der Waals surface area contributed by atoms with Gasteiger partial charge in [-0.2, -0.15) is 0 Å². The van der Waals surface area contributed by atoms with Crippen molar-refractivity contribution >= 4 is 21.6 Å². The van der Waals surface area contributed by atoms with Crippen molar-refractivity contribution in [3.63, 3.8) is 0 Å². The lowest BCUT2D eigenvalue weighted by molar-refractivity contribution is -0.120. The highest BCUT2D eigenvalue weighted by Gasteiger charge is 2.27. The van der Waals surface area contributed by atoms with Gasteiger partial charge in [0, 0.05) is 17.6 Å². The smallest absolute Gasteiger partial charge is 0.227 e. The molecule has 5 nitrogen and oxygen atoms in total. The van der Waals surface area contributed by atoms with Crippen LogP contribution >= 0.6 is 0 Å². The lowest BCUT2D eigenvalue weighted by Gasteiger charge is -2.27. The standard InChI is InChI=1S/C17H24N2O3S/c1-23(21,22)19-15-8-6-13(7-9-15)17(20)18-16-10-5-12-3-2-4-14(12)11-16/h5,10-11,13,15,19H,2-4,6-9H2,1H3,(H,18,20). The number of carbonyl (C=O) groups excluding carboxylic acids is 1. The number of amides is 1. The second-order valence-electron chi connectivity index (χ2n) is 6.76. The van der Waals surface area contributed by atoms with Crippen LogP contribution in [-0.4, -0.2) is 26.6 Å². The third-order valence-corrected chi connectivity index (χ3v) is 5.61. The van der Waals surface area contributed by atoms with E-state index in [2.05, 4.69) is 22.2 Å². The molecule has 2 aliphatic rings. The zero-order valence-corrected chi connectivity index (χ0v) is 14.3. The number of hydrogen-bond donors (Lipinski definition) is 2. The molecule has 1 saturated carbocycles. The van der Waals surface area contributed by atoms with Gasteiger partial charge in [0.1, 0.15) is 0 Å². The molecular formula is C17H24N2O3S. The largest absolute Gasteiger partial charge is 0.326 e. The van der Waals surface area contributed by atoms with Gasteiger partial charge in [0.15, 0.2) is 0 Å². The first-order valence-electron chi connectivity index (χ1n) is 8.31. The lowest BCUT2D eigenvalue weighted by atomic mass is 9.86. The Morgan fingerprint density at radius 1 is 1.09 bits per heavy atom. The van der Waals surface area contributed by atoms with Crippen molar-refractivity contribution < 1.29 is 13.2 Å². The summed E-state index contributed by atoms with van der Waals surface area (Å²) in [5.74, 6) is 0.0293. The number of fused-ring (bicyclic) bond motifs is 1. The van der Waals surface area contributed by atoms with E-state index in [-0.39, 0.29) is 17.9 Å². The van der Waals surface area contributed by atoms with Crippen molar-refractivity contribution in [3.8, 4) is 0 Å². The topological polar surface area (TPSA) is 75.3 Å². The molecule has 0 heterocycles. The highest BCUT2D eigenvalue weighted by Crippen LogP contribution is 2.28. The monoisotopic (exact) mass is 336 g/mol. The van der Waals surface area contributed by atoms with Gasteiger partial charge in [0.2, 0.25) is 15.9 Å². The number of benzene rings is 1. The maximum Gasteiger partial charge on any atom is 0.227 e. The van der Waals surface area contributed by atoms with Gasteiger partial charge in [-0.1, -0.05) is 6.07 Å². The Bertz CT molecular complexity index is 692. The molecule has 0 saturated heterocycles. The van der Waals surface area contributed by atoms with Gasteiger partial charge in [-0.05, 0) is 68.2 Å². The van der Waals surface area contributed by atoms with Crippen LogP contribution in [-0.2, 0) is 27.7 Å². The molecular weight excluding hydrogens is 312 g/mol. The Labute approximate surface area is 137 Å². The van der Waals surface area contributed by atoms with Crippen molar-refractivity contribution in [2.24, 2.45) is 5.92 Å². The molecule has 0 atom stereocenters. The summed E-state index contributed by atoms with van der Waals surface area (Å²) in [6.45, 7) is 0.